The van der Waals surface area contributed by atoms with Gasteiger partial charge in [0.05, 0.1) is 23.7 Å². The molecule has 0 radical (unpaired) electrons. The normalized spacial score (nSPS) is 12.1. The van der Waals surface area contributed by atoms with E-state index in [0.29, 0.717) is 10.9 Å². The van der Waals surface area contributed by atoms with E-state index in [4.69, 9.17) is 0 Å². The van der Waals surface area contributed by atoms with Crippen molar-refractivity contribution in [1.29, 1.82) is 0 Å². The highest BCUT2D eigenvalue weighted by Crippen LogP contribution is 2.24. The molecule has 2 rings (SSSR count). The summed E-state index contributed by atoms with van der Waals surface area (Å²) in [5.74, 6) is -0.536. The van der Waals surface area contributed by atoms with Crippen LogP contribution >= 0.6 is 0 Å². The minimum absolute atomic E-state index is 0.0677. The molecule has 7 heteroatoms. The molecule has 0 aliphatic rings. The van der Waals surface area contributed by atoms with Crippen LogP contribution in [0.1, 0.15) is 6.04 Å². The summed E-state index contributed by atoms with van der Waals surface area (Å²) < 4.78 is 6.00. The van der Waals surface area contributed by atoms with E-state index in [2.05, 4.69) is 16.4 Å². The van der Waals surface area contributed by atoms with Crippen molar-refractivity contribution in [2.75, 3.05) is 7.11 Å². The number of benzene rings is 1. The molecule has 1 heterocycles. The summed E-state index contributed by atoms with van der Waals surface area (Å²) in [6, 6.07) is 3.51. The Kier molecular flexibility index (Phi) is 3.28. The maximum Gasteiger partial charge on any atom is 0.334 e. The lowest BCUT2D eigenvalue weighted by molar-refractivity contribution is -0.384. The number of hydrogen-bond donors (Lipinski definition) is 0. The van der Waals surface area contributed by atoms with Crippen LogP contribution in [-0.2, 0) is 9.53 Å². The molecular formula is C12H11N3O4. The van der Waals surface area contributed by atoms with E-state index in [-0.39, 0.29) is 5.69 Å². The average Bonchev–Trinajstić information content (AvgIpc) is 2.82. The van der Waals surface area contributed by atoms with E-state index in [1.807, 2.05) is 0 Å². The number of methoxy groups -OCH3 is 1. The van der Waals surface area contributed by atoms with Gasteiger partial charge in [-0.25, -0.2) is 9.48 Å². The molecule has 2 aromatic rings. The van der Waals surface area contributed by atoms with Gasteiger partial charge in [0.15, 0.2) is 6.04 Å². The van der Waals surface area contributed by atoms with E-state index in [9.17, 15) is 14.9 Å². The van der Waals surface area contributed by atoms with Crippen molar-refractivity contribution >= 4 is 22.6 Å². The van der Waals surface area contributed by atoms with Gasteiger partial charge in [-0.05, 0) is 6.07 Å². The van der Waals surface area contributed by atoms with Crippen LogP contribution in [0.15, 0.2) is 37.1 Å². The van der Waals surface area contributed by atoms with Crippen LogP contribution < -0.4 is 0 Å². The number of nitro benzene ring substituents is 1. The van der Waals surface area contributed by atoms with Gasteiger partial charge < -0.3 is 4.74 Å². The van der Waals surface area contributed by atoms with E-state index >= 15 is 0 Å². The van der Waals surface area contributed by atoms with Crippen LogP contribution in [0.3, 0.4) is 0 Å². The number of carbonyl (C=O) groups is 1. The number of ether oxygens (including phenoxy) is 1. The quantitative estimate of drug-likeness (QED) is 0.362. The SMILES string of the molecule is C=CC(C(=O)OC)n1ncc2ccc([N+](=O)[O-])cc21. The second kappa shape index (κ2) is 4.89. The number of fused-ring (bicyclic) bond motifs is 1. The number of rotatable bonds is 4. The summed E-state index contributed by atoms with van der Waals surface area (Å²) in [6.07, 6.45) is 2.90. The number of esters is 1. The molecule has 1 atom stereocenters. The van der Waals surface area contributed by atoms with Gasteiger partial charge >= 0.3 is 5.97 Å². The summed E-state index contributed by atoms with van der Waals surface area (Å²) in [5, 5.41) is 15.5. The van der Waals surface area contributed by atoms with Crippen molar-refractivity contribution in [3.8, 4) is 0 Å². The highest BCUT2D eigenvalue weighted by Gasteiger charge is 2.21. The van der Waals surface area contributed by atoms with Crippen LogP contribution in [0.5, 0.6) is 0 Å². The van der Waals surface area contributed by atoms with Crippen LogP contribution in [0.2, 0.25) is 0 Å². The van der Waals surface area contributed by atoms with Gasteiger partial charge in [-0.2, -0.15) is 5.10 Å². The topological polar surface area (TPSA) is 87.3 Å². The smallest absolute Gasteiger partial charge is 0.334 e. The first-order chi connectivity index (χ1) is 9.08. The monoisotopic (exact) mass is 261 g/mol. The highest BCUT2D eigenvalue weighted by molar-refractivity contribution is 5.84. The van der Waals surface area contributed by atoms with Gasteiger partial charge in [0, 0.05) is 17.5 Å². The Morgan fingerprint density at radius 1 is 1.63 bits per heavy atom. The zero-order valence-electron chi connectivity index (χ0n) is 10.1. The molecule has 98 valence electrons. The van der Waals surface area contributed by atoms with E-state index in [1.54, 1.807) is 6.07 Å². The fraction of sp³-hybridized carbons (Fsp3) is 0.167. The standard InChI is InChI=1S/C12H11N3O4/c1-3-10(12(16)19-2)14-11-6-9(15(17)18)5-4-8(11)7-13-14/h3-7,10H,1H2,2H3. The van der Waals surface area contributed by atoms with Gasteiger partial charge in [0.25, 0.3) is 5.69 Å². The van der Waals surface area contributed by atoms with Crippen LogP contribution in [0, 0.1) is 10.1 Å². The fourth-order valence-electron chi connectivity index (χ4n) is 1.78. The molecule has 0 N–H and O–H groups in total. The molecule has 19 heavy (non-hydrogen) atoms. The van der Waals surface area contributed by atoms with Crippen molar-refractivity contribution in [2.24, 2.45) is 0 Å². The molecule has 0 spiro atoms. The predicted octanol–water partition coefficient (Wildman–Crippen LogP) is 1.84. The molecule has 0 saturated carbocycles. The average molecular weight is 261 g/mol. The lowest BCUT2D eigenvalue weighted by Crippen LogP contribution is -2.19. The summed E-state index contributed by atoms with van der Waals surface area (Å²) in [4.78, 5) is 21.9. The van der Waals surface area contributed by atoms with Gasteiger partial charge in [-0.3, -0.25) is 10.1 Å². The second-order valence-electron chi connectivity index (χ2n) is 3.79. The highest BCUT2D eigenvalue weighted by atomic mass is 16.6. The third kappa shape index (κ3) is 2.17. The summed E-state index contributed by atoms with van der Waals surface area (Å²) in [6.45, 7) is 3.55. The molecule has 1 unspecified atom stereocenters. The molecule has 1 aromatic heterocycles. The lowest BCUT2D eigenvalue weighted by atomic mass is 10.2. The van der Waals surface area contributed by atoms with Crippen LogP contribution in [-0.4, -0.2) is 27.8 Å². The predicted molar refractivity (Wildman–Crippen MR) is 67.6 cm³/mol. The zero-order valence-corrected chi connectivity index (χ0v) is 10.1. The molecule has 0 saturated heterocycles. The second-order valence-corrected chi connectivity index (χ2v) is 3.79. The van der Waals surface area contributed by atoms with E-state index in [1.165, 1.54) is 36.2 Å². The molecular weight excluding hydrogens is 250 g/mol. The lowest BCUT2D eigenvalue weighted by Gasteiger charge is -2.11. The fourth-order valence-corrected chi connectivity index (χ4v) is 1.78. The maximum absolute atomic E-state index is 11.6. The maximum atomic E-state index is 11.6. The first-order valence-electron chi connectivity index (χ1n) is 5.40. The van der Waals surface area contributed by atoms with Crippen LogP contribution in [0.4, 0.5) is 5.69 Å². The number of aromatic nitrogens is 2. The third-order valence-electron chi connectivity index (χ3n) is 2.72. The van der Waals surface area contributed by atoms with E-state index < -0.39 is 16.9 Å². The molecule has 7 nitrogen and oxygen atoms in total. The first-order valence-corrected chi connectivity index (χ1v) is 5.40. The largest absolute Gasteiger partial charge is 0.467 e. The molecule has 0 aliphatic carbocycles. The Balaban J connectivity index is 2.60. The van der Waals surface area contributed by atoms with Crippen LogP contribution in [0.25, 0.3) is 10.9 Å². The molecule has 0 bridgehead atoms. The third-order valence-corrected chi connectivity index (χ3v) is 2.72. The first kappa shape index (κ1) is 12.7. The van der Waals surface area contributed by atoms with Crippen molar-refractivity contribution < 1.29 is 14.5 Å². The Bertz CT molecular complexity index is 662. The summed E-state index contributed by atoms with van der Waals surface area (Å²) >= 11 is 0. The van der Waals surface area contributed by atoms with Crippen molar-refractivity contribution in [3.63, 3.8) is 0 Å². The van der Waals surface area contributed by atoms with Crippen molar-refractivity contribution in [3.05, 3.63) is 47.2 Å². The van der Waals surface area contributed by atoms with Gasteiger partial charge in [-0.1, -0.05) is 6.08 Å². The number of non-ortho nitro benzene ring substituents is 1. The van der Waals surface area contributed by atoms with Crippen molar-refractivity contribution in [2.45, 2.75) is 6.04 Å². The van der Waals surface area contributed by atoms with Gasteiger partial charge in [-0.15, -0.1) is 6.58 Å². The molecule has 0 fully saturated rings. The molecule has 0 amide bonds. The van der Waals surface area contributed by atoms with E-state index in [0.717, 1.165) is 0 Å². The van der Waals surface area contributed by atoms with Crippen molar-refractivity contribution in [1.82, 2.24) is 9.78 Å². The molecule has 0 aliphatic heterocycles. The summed E-state index contributed by atoms with van der Waals surface area (Å²) in [5.41, 5.74) is 0.409. The number of carbonyl (C=O) groups excluding carboxylic acids is 1. The van der Waals surface area contributed by atoms with Gasteiger partial charge in [0.1, 0.15) is 0 Å². The number of nitrogens with zero attached hydrogens (tertiary/aromatic N) is 3. The Morgan fingerprint density at radius 3 is 2.95 bits per heavy atom. The minimum Gasteiger partial charge on any atom is -0.467 e. The zero-order chi connectivity index (χ0) is 14.0. The Hall–Kier alpha value is -2.70. The Labute approximate surface area is 108 Å². The molecule has 1 aromatic carbocycles. The van der Waals surface area contributed by atoms with Gasteiger partial charge in [0.2, 0.25) is 0 Å². The number of hydrogen-bond acceptors (Lipinski definition) is 5. The number of nitro groups is 1. The minimum atomic E-state index is -0.815. The Morgan fingerprint density at radius 2 is 2.37 bits per heavy atom. The summed E-state index contributed by atoms with van der Waals surface area (Å²) in [7, 11) is 1.26.